The third kappa shape index (κ3) is 4.65. The predicted octanol–water partition coefficient (Wildman–Crippen LogP) is 2.61. The van der Waals surface area contributed by atoms with Gasteiger partial charge < -0.3 is 4.74 Å². The molecule has 1 aliphatic heterocycles. The Hall–Kier alpha value is -2.24. The van der Waals surface area contributed by atoms with E-state index in [1.54, 1.807) is 14.0 Å². The fourth-order valence-electron chi connectivity index (χ4n) is 3.19. The van der Waals surface area contributed by atoms with E-state index in [0.717, 1.165) is 61.8 Å². The number of rotatable bonds is 6. The molecule has 0 amide bonds. The number of piperazine rings is 1. The summed E-state index contributed by atoms with van der Waals surface area (Å²) in [6.45, 7) is 7.35. The molecule has 0 bridgehead atoms. The Kier molecular flexibility index (Phi) is 5.79. The van der Waals surface area contributed by atoms with E-state index in [1.165, 1.54) is 0 Å². The van der Waals surface area contributed by atoms with E-state index in [-0.39, 0.29) is 5.78 Å². The van der Waals surface area contributed by atoms with Gasteiger partial charge in [-0.2, -0.15) is 0 Å². The Bertz CT molecular complexity index is 710. The molecule has 25 heavy (non-hydrogen) atoms. The Morgan fingerprint density at radius 2 is 1.80 bits per heavy atom. The second-order valence-electron chi connectivity index (χ2n) is 6.46. The van der Waals surface area contributed by atoms with Gasteiger partial charge in [-0.3, -0.25) is 19.6 Å². The number of pyridine rings is 1. The first-order valence-corrected chi connectivity index (χ1v) is 8.68. The molecular formula is C20H25N3O2. The molecule has 0 radical (unpaired) electrons. The zero-order valence-electron chi connectivity index (χ0n) is 14.9. The Balaban J connectivity index is 1.58. The van der Waals surface area contributed by atoms with Gasteiger partial charge >= 0.3 is 0 Å². The molecule has 0 spiro atoms. The number of methoxy groups -OCH3 is 1. The molecule has 0 aliphatic carbocycles. The van der Waals surface area contributed by atoms with Gasteiger partial charge in [0.25, 0.3) is 0 Å². The lowest BCUT2D eigenvalue weighted by atomic mass is 10.1. The van der Waals surface area contributed by atoms with E-state index >= 15 is 0 Å². The van der Waals surface area contributed by atoms with Gasteiger partial charge in [-0.1, -0.05) is 6.07 Å². The van der Waals surface area contributed by atoms with Crippen molar-refractivity contribution in [2.45, 2.75) is 20.0 Å². The summed E-state index contributed by atoms with van der Waals surface area (Å²) in [5.74, 6) is 0.935. The number of carbonyl (C=O) groups excluding carboxylic acids is 1. The first-order valence-electron chi connectivity index (χ1n) is 8.68. The molecule has 3 rings (SSSR count). The second kappa shape index (κ2) is 8.23. The molecule has 1 aromatic heterocycles. The van der Waals surface area contributed by atoms with Crippen molar-refractivity contribution in [3.63, 3.8) is 0 Å². The highest BCUT2D eigenvalue weighted by Crippen LogP contribution is 2.22. The highest BCUT2D eigenvalue weighted by molar-refractivity contribution is 5.94. The van der Waals surface area contributed by atoms with Gasteiger partial charge in [-0.05, 0) is 37.3 Å². The number of nitrogens with zero attached hydrogens (tertiary/aromatic N) is 3. The summed E-state index contributed by atoms with van der Waals surface area (Å²) in [6.07, 6.45) is 1.85. The first-order chi connectivity index (χ1) is 12.2. The molecule has 1 saturated heterocycles. The SMILES string of the molecule is COc1ccc(C(C)=O)cc1CN1CCN(Cc2ccccn2)CC1. The highest BCUT2D eigenvalue weighted by Gasteiger charge is 2.19. The smallest absolute Gasteiger partial charge is 0.159 e. The van der Waals surface area contributed by atoms with Crippen molar-refractivity contribution >= 4 is 5.78 Å². The Morgan fingerprint density at radius 1 is 1.08 bits per heavy atom. The molecule has 2 aromatic rings. The van der Waals surface area contributed by atoms with Crippen LogP contribution in [0.2, 0.25) is 0 Å². The van der Waals surface area contributed by atoms with Crippen LogP contribution in [0.4, 0.5) is 0 Å². The molecule has 0 unspecified atom stereocenters. The maximum Gasteiger partial charge on any atom is 0.159 e. The highest BCUT2D eigenvalue weighted by atomic mass is 16.5. The number of ketones is 1. The molecule has 1 fully saturated rings. The van der Waals surface area contributed by atoms with Crippen molar-refractivity contribution in [1.82, 2.24) is 14.8 Å². The van der Waals surface area contributed by atoms with Crippen molar-refractivity contribution < 1.29 is 9.53 Å². The number of carbonyl (C=O) groups is 1. The molecule has 132 valence electrons. The van der Waals surface area contributed by atoms with Gasteiger partial charge in [-0.15, -0.1) is 0 Å². The van der Waals surface area contributed by atoms with Crippen molar-refractivity contribution in [1.29, 1.82) is 0 Å². The second-order valence-corrected chi connectivity index (χ2v) is 6.46. The summed E-state index contributed by atoms with van der Waals surface area (Å²) in [4.78, 5) is 20.9. The van der Waals surface area contributed by atoms with Crippen LogP contribution in [0.15, 0.2) is 42.6 Å². The van der Waals surface area contributed by atoms with Crippen molar-refractivity contribution in [3.05, 3.63) is 59.4 Å². The van der Waals surface area contributed by atoms with Crippen molar-refractivity contribution in [2.24, 2.45) is 0 Å². The van der Waals surface area contributed by atoms with E-state index in [2.05, 4.69) is 20.9 Å². The quantitative estimate of drug-likeness (QED) is 0.757. The molecule has 0 saturated carbocycles. The molecular weight excluding hydrogens is 314 g/mol. The first kappa shape index (κ1) is 17.6. The number of benzene rings is 1. The zero-order chi connectivity index (χ0) is 17.6. The van der Waals surface area contributed by atoms with Gasteiger partial charge in [0.05, 0.1) is 12.8 Å². The number of ether oxygens (including phenoxy) is 1. The molecule has 0 N–H and O–H groups in total. The lowest BCUT2D eigenvalue weighted by molar-refractivity contribution is 0.101. The van der Waals surface area contributed by atoms with Crippen molar-refractivity contribution in [3.8, 4) is 5.75 Å². The monoisotopic (exact) mass is 339 g/mol. The van der Waals surface area contributed by atoms with E-state index in [4.69, 9.17) is 4.74 Å². The Labute approximate surface area is 149 Å². The summed E-state index contributed by atoms with van der Waals surface area (Å²) in [6, 6.07) is 11.7. The summed E-state index contributed by atoms with van der Waals surface area (Å²) < 4.78 is 5.47. The molecule has 5 nitrogen and oxygen atoms in total. The fraction of sp³-hybridized carbons (Fsp3) is 0.400. The van der Waals surface area contributed by atoms with Crippen molar-refractivity contribution in [2.75, 3.05) is 33.3 Å². The van der Waals surface area contributed by atoms with Crippen LogP contribution in [-0.4, -0.2) is 53.9 Å². The standard InChI is InChI=1S/C20H25N3O2/c1-16(24)17-6-7-20(25-2)18(13-17)14-22-9-11-23(12-10-22)15-19-5-3-4-8-21-19/h3-8,13H,9-12,14-15H2,1-2H3. The molecule has 5 heteroatoms. The molecule has 1 aromatic carbocycles. The van der Waals surface area contributed by atoms with Crippen LogP contribution in [0.25, 0.3) is 0 Å². The van der Waals surface area contributed by atoms with Gasteiger partial charge in [-0.25, -0.2) is 0 Å². The minimum absolute atomic E-state index is 0.0871. The normalized spacial score (nSPS) is 15.9. The lowest BCUT2D eigenvalue weighted by Gasteiger charge is -2.34. The van der Waals surface area contributed by atoms with Crippen LogP contribution in [0.3, 0.4) is 0 Å². The van der Waals surface area contributed by atoms with Gasteiger partial charge in [0.1, 0.15) is 5.75 Å². The lowest BCUT2D eigenvalue weighted by Crippen LogP contribution is -2.45. The van der Waals surface area contributed by atoms with Crippen LogP contribution in [-0.2, 0) is 13.1 Å². The molecule has 1 aliphatic rings. The van der Waals surface area contributed by atoms with Crippen LogP contribution in [0.5, 0.6) is 5.75 Å². The Morgan fingerprint density at radius 3 is 2.40 bits per heavy atom. The van der Waals surface area contributed by atoms with Crippen LogP contribution in [0.1, 0.15) is 28.5 Å². The minimum Gasteiger partial charge on any atom is -0.496 e. The summed E-state index contributed by atoms with van der Waals surface area (Å²) in [7, 11) is 1.68. The maximum absolute atomic E-state index is 11.6. The summed E-state index contributed by atoms with van der Waals surface area (Å²) >= 11 is 0. The number of Topliss-reactive ketones (excluding diaryl/α,β-unsaturated/α-hetero) is 1. The van der Waals surface area contributed by atoms with Crippen LogP contribution in [0, 0.1) is 0 Å². The van der Waals surface area contributed by atoms with Crippen LogP contribution < -0.4 is 4.74 Å². The minimum atomic E-state index is 0.0871. The molecule has 2 heterocycles. The fourth-order valence-corrected chi connectivity index (χ4v) is 3.19. The average Bonchev–Trinajstić information content (AvgIpc) is 2.64. The third-order valence-corrected chi connectivity index (χ3v) is 4.66. The molecule has 0 atom stereocenters. The zero-order valence-corrected chi connectivity index (χ0v) is 14.9. The number of hydrogen-bond donors (Lipinski definition) is 0. The number of hydrogen-bond acceptors (Lipinski definition) is 5. The van der Waals surface area contributed by atoms with Gasteiger partial charge in [0, 0.05) is 56.6 Å². The van der Waals surface area contributed by atoms with E-state index in [9.17, 15) is 4.79 Å². The topological polar surface area (TPSA) is 45.7 Å². The maximum atomic E-state index is 11.6. The average molecular weight is 339 g/mol. The van der Waals surface area contributed by atoms with Gasteiger partial charge in [0.15, 0.2) is 5.78 Å². The summed E-state index contributed by atoms with van der Waals surface area (Å²) in [5, 5.41) is 0. The van der Waals surface area contributed by atoms with E-state index in [1.807, 2.05) is 36.5 Å². The van der Waals surface area contributed by atoms with Gasteiger partial charge in [0.2, 0.25) is 0 Å². The predicted molar refractivity (Wildman–Crippen MR) is 97.8 cm³/mol. The van der Waals surface area contributed by atoms with Crippen LogP contribution >= 0.6 is 0 Å². The summed E-state index contributed by atoms with van der Waals surface area (Å²) in [5.41, 5.74) is 2.93. The van der Waals surface area contributed by atoms with E-state index < -0.39 is 0 Å². The van der Waals surface area contributed by atoms with E-state index in [0.29, 0.717) is 0 Å². The largest absolute Gasteiger partial charge is 0.496 e. The third-order valence-electron chi connectivity index (χ3n) is 4.66. The number of aromatic nitrogens is 1.